The first-order valence-electron chi connectivity index (χ1n) is 7.13. The van der Waals surface area contributed by atoms with Crippen LogP contribution in [0, 0.1) is 5.82 Å². The van der Waals surface area contributed by atoms with E-state index in [4.69, 9.17) is 23.2 Å². The van der Waals surface area contributed by atoms with Gasteiger partial charge >= 0.3 is 6.03 Å². The van der Waals surface area contributed by atoms with Crippen molar-refractivity contribution in [2.75, 3.05) is 4.90 Å². The van der Waals surface area contributed by atoms with Gasteiger partial charge in [-0.3, -0.25) is 14.9 Å². The highest BCUT2D eigenvalue weighted by molar-refractivity contribution is 6.40. The zero-order valence-corrected chi connectivity index (χ0v) is 14.3. The summed E-state index contributed by atoms with van der Waals surface area (Å²) in [5, 5.41) is 11.5. The van der Waals surface area contributed by atoms with Gasteiger partial charge in [-0.05, 0) is 48.0 Å². The third-order valence-electron chi connectivity index (χ3n) is 3.54. The summed E-state index contributed by atoms with van der Waals surface area (Å²) in [6, 6.07) is 6.27. The van der Waals surface area contributed by atoms with Crippen LogP contribution < -0.4 is 10.2 Å². The van der Waals surface area contributed by atoms with E-state index in [1.165, 1.54) is 30.3 Å². The largest absolute Gasteiger partial charge is 0.505 e. The molecular formula is C17H9Cl2FN2O4. The zero-order valence-electron chi connectivity index (χ0n) is 12.8. The van der Waals surface area contributed by atoms with Crippen LogP contribution in [0.2, 0.25) is 10.0 Å². The smallest absolute Gasteiger partial charge is 0.335 e. The van der Waals surface area contributed by atoms with Crippen molar-refractivity contribution in [3.63, 3.8) is 0 Å². The molecule has 9 heteroatoms. The Morgan fingerprint density at radius 3 is 2.19 bits per heavy atom. The van der Waals surface area contributed by atoms with Crippen molar-refractivity contribution < 1.29 is 23.9 Å². The number of hydrogen-bond acceptors (Lipinski definition) is 4. The Kier molecular flexibility index (Phi) is 4.67. The third kappa shape index (κ3) is 3.26. The molecule has 0 bridgehead atoms. The first kappa shape index (κ1) is 17.9. The molecule has 0 aliphatic carbocycles. The van der Waals surface area contributed by atoms with Gasteiger partial charge in [0.05, 0.1) is 15.7 Å². The second kappa shape index (κ2) is 6.78. The van der Waals surface area contributed by atoms with Crippen LogP contribution in [0.15, 0.2) is 42.0 Å². The Morgan fingerprint density at radius 1 is 1.04 bits per heavy atom. The molecule has 0 aromatic heterocycles. The predicted octanol–water partition coefficient (Wildman–Crippen LogP) is 3.50. The summed E-state index contributed by atoms with van der Waals surface area (Å²) in [5.41, 5.74) is 0.00511. The van der Waals surface area contributed by atoms with Gasteiger partial charge < -0.3 is 5.11 Å². The first-order chi connectivity index (χ1) is 12.3. The van der Waals surface area contributed by atoms with Gasteiger partial charge in [0, 0.05) is 0 Å². The Labute approximate surface area is 156 Å². The number of barbiturate groups is 1. The lowest BCUT2D eigenvalue weighted by Crippen LogP contribution is -2.54. The molecule has 1 aliphatic rings. The van der Waals surface area contributed by atoms with Crippen molar-refractivity contribution in [2.24, 2.45) is 0 Å². The Balaban J connectivity index is 2.04. The summed E-state index contributed by atoms with van der Waals surface area (Å²) >= 11 is 11.6. The lowest BCUT2D eigenvalue weighted by Gasteiger charge is -2.26. The number of carbonyl (C=O) groups is 3. The Morgan fingerprint density at radius 2 is 1.62 bits per heavy atom. The van der Waals surface area contributed by atoms with Crippen LogP contribution in [0.4, 0.5) is 14.9 Å². The molecule has 6 nitrogen and oxygen atoms in total. The van der Waals surface area contributed by atoms with Gasteiger partial charge in [-0.2, -0.15) is 0 Å². The number of urea groups is 1. The monoisotopic (exact) mass is 394 g/mol. The molecule has 1 aliphatic heterocycles. The lowest BCUT2D eigenvalue weighted by atomic mass is 10.1. The molecule has 132 valence electrons. The van der Waals surface area contributed by atoms with E-state index in [1.54, 1.807) is 0 Å². The van der Waals surface area contributed by atoms with E-state index in [2.05, 4.69) is 0 Å². The second-order valence-corrected chi connectivity index (χ2v) is 6.08. The van der Waals surface area contributed by atoms with Crippen LogP contribution in [-0.4, -0.2) is 23.0 Å². The van der Waals surface area contributed by atoms with Crippen molar-refractivity contribution in [2.45, 2.75) is 0 Å². The summed E-state index contributed by atoms with van der Waals surface area (Å²) in [4.78, 5) is 37.4. The van der Waals surface area contributed by atoms with Gasteiger partial charge in [-0.1, -0.05) is 23.2 Å². The van der Waals surface area contributed by atoms with Gasteiger partial charge in [0.15, 0.2) is 5.75 Å². The quantitative estimate of drug-likeness (QED) is 0.602. The SMILES string of the molecule is O=C1NC(=O)N(c2ccc(F)cc2)C(=O)C1=Cc1cc(Cl)c(O)c(Cl)c1. The highest BCUT2D eigenvalue weighted by Crippen LogP contribution is 2.33. The summed E-state index contributed by atoms with van der Waals surface area (Å²) in [6.07, 6.45) is 1.18. The van der Waals surface area contributed by atoms with Crippen molar-refractivity contribution in [3.05, 3.63) is 63.4 Å². The highest BCUT2D eigenvalue weighted by atomic mass is 35.5. The number of carbonyl (C=O) groups excluding carboxylic acids is 3. The molecule has 0 unspecified atom stereocenters. The van der Waals surface area contributed by atoms with Crippen molar-refractivity contribution in [1.29, 1.82) is 0 Å². The summed E-state index contributed by atoms with van der Waals surface area (Å²) < 4.78 is 13.1. The number of benzene rings is 2. The Hall–Kier alpha value is -2.90. The number of phenolic OH excluding ortho intramolecular Hbond substituents is 1. The second-order valence-electron chi connectivity index (χ2n) is 5.27. The minimum Gasteiger partial charge on any atom is -0.505 e. The number of rotatable bonds is 2. The number of amides is 4. The van der Waals surface area contributed by atoms with Gasteiger partial charge in [-0.25, -0.2) is 14.1 Å². The van der Waals surface area contributed by atoms with Gasteiger partial charge in [0.25, 0.3) is 11.8 Å². The average Bonchev–Trinajstić information content (AvgIpc) is 2.58. The number of imide groups is 2. The van der Waals surface area contributed by atoms with Crippen molar-refractivity contribution in [3.8, 4) is 5.75 Å². The van der Waals surface area contributed by atoms with Crippen molar-refractivity contribution in [1.82, 2.24) is 5.32 Å². The maximum Gasteiger partial charge on any atom is 0.335 e. The first-order valence-corrected chi connectivity index (χ1v) is 7.88. The van der Waals surface area contributed by atoms with Crippen LogP contribution >= 0.6 is 23.2 Å². The molecule has 3 rings (SSSR count). The number of nitrogens with zero attached hydrogens (tertiary/aromatic N) is 1. The number of phenols is 1. The average molecular weight is 395 g/mol. The highest BCUT2D eigenvalue weighted by Gasteiger charge is 2.36. The molecule has 2 N–H and O–H groups in total. The molecule has 1 saturated heterocycles. The van der Waals surface area contributed by atoms with E-state index in [-0.39, 0.29) is 32.6 Å². The number of nitrogens with one attached hydrogen (secondary N) is 1. The van der Waals surface area contributed by atoms with E-state index in [0.717, 1.165) is 12.1 Å². The number of hydrogen-bond donors (Lipinski definition) is 2. The minimum absolute atomic E-state index is 0.0699. The van der Waals surface area contributed by atoms with E-state index in [9.17, 15) is 23.9 Å². The zero-order chi connectivity index (χ0) is 19.0. The lowest BCUT2D eigenvalue weighted by molar-refractivity contribution is -0.122. The number of anilines is 1. The number of halogens is 3. The third-order valence-corrected chi connectivity index (χ3v) is 4.11. The maximum absolute atomic E-state index is 13.1. The van der Waals surface area contributed by atoms with Gasteiger partial charge in [0.1, 0.15) is 11.4 Å². The maximum atomic E-state index is 13.1. The van der Waals surface area contributed by atoms with E-state index in [0.29, 0.717) is 4.90 Å². The molecule has 2 aromatic carbocycles. The fourth-order valence-corrected chi connectivity index (χ4v) is 2.82. The topological polar surface area (TPSA) is 86.7 Å². The standard InChI is InChI=1S/C17H9Cl2FN2O4/c18-12-6-8(7-13(19)14(12)23)5-11-15(24)21-17(26)22(16(11)25)10-3-1-9(20)2-4-10/h1-7,23H,(H,21,24,26). The van der Waals surface area contributed by atoms with Crippen LogP contribution in [0.25, 0.3) is 6.08 Å². The van der Waals surface area contributed by atoms with Crippen LogP contribution in [-0.2, 0) is 9.59 Å². The fourth-order valence-electron chi connectivity index (χ4n) is 2.32. The minimum atomic E-state index is -0.953. The molecule has 2 aromatic rings. The fraction of sp³-hybridized carbons (Fsp3) is 0. The molecule has 4 amide bonds. The molecule has 1 fully saturated rings. The number of aromatic hydroxyl groups is 1. The normalized spacial score (nSPS) is 16.2. The van der Waals surface area contributed by atoms with E-state index in [1.807, 2.05) is 5.32 Å². The Bertz CT molecular complexity index is 950. The molecule has 1 heterocycles. The van der Waals surface area contributed by atoms with Crippen LogP contribution in [0.1, 0.15) is 5.56 Å². The predicted molar refractivity (Wildman–Crippen MR) is 93.5 cm³/mol. The molecule has 0 saturated carbocycles. The van der Waals surface area contributed by atoms with Crippen LogP contribution in [0.5, 0.6) is 5.75 Å². The summed E-state index contributed by atoms with van der Waals surface area (Å²) in [6.45, 7) is 0. The molecule has 0 atom stereocenters. The molecule has 0 radical (unpaired) electrons. The van der Waals surface area contributed by atoms with Crippen molar-refractivity contribution >= 4 is 52.8 Å². The van der Waals surface area contributed by atoms with Gasteiger partial charge in [0.2, 0.25) is 0 Å². The van der Waals surface area contributed by atoms with E-state index < -0.39 is 23.7 Å². The van der Waals surface area contributed by atoms with Crippen LogP contribution in [0.3, 0.4) is 0 Å². The van der Waals surface area contributed by atoms with Gasteiger partial charge in [-0.15, -0.1) is 0 Å². The molecule has 26 heavy (non-hydrogen) atoms. The van der Waals surface area contributed by atoms with E-state index >= 15 is 0 Å². The molecule has 0 spiro atoms. The summed E-state index contributed by atoms with van der Waals surface area (Å²) in [7, 11) is 0. The summed E-state index contributed by atoms with van der Waals surface area (Å²) in [5.74, 6) is -2.68. The molecular weight excluding hydrogens is 386 g/mol.